The second-order valence-corrected chi connectivity index (χ2v) is 14.9. The van der Waals surface area contributed by atoms with Crippen LogP contribution in [-0.2, 0) is 28.9 Å². The second-order valence-electron chi connectivity index (χ2n) is 14.9. The summed E-state index contributed by atoms with van der Waals surface area (Å²) < 4.78 is 26.1. The van der Waals surface area contributed by atoms with Gasteiger partial charge in [-0.1, -0.05) is 63.2 Å². The summed E-state index contributed by atoms with van der Waals surface area (Å²) in [6.07, 6.45) is 5.51. The maximum absolute atomic E-state index is 13.7. The summed E-state index contributed by atoms with van der Waals surface area (Å²) in [6.45, 7) is 9.29. The number of hydrogen-bond acceptors (Lipinski definition) is 7. The van der Waals surface area contributed by atoms with E-state index in [1.165, 1.54) is 17.7 Å². The van der Waals surface area contributed by atoms with Gasteiger partial charge >= 0.3 is 0 Å². The largest absolute Gasteiger partial charge is 0.471 e. The predicted molar refractivity (Wildman–Crippen MR) is 179 cm³/mol. The minimum absolute atomic E-state index is 0.0449. The normalized spacial score (nSPS) is 22.1. The van der Waals surface area contributed by atoms with Crippen LogP contribution in [-0.4, -0.2) is 71.0 Å². The third-order valence-corrected chi connectivity index (χ3v) is 9.63. The summed E-state index contributed by atoms with van der Waals surface area (Å²) in [5.74, 6) is 0.0919. The Hall–Kier alpha value is -3.37. The Kier molecular flexibility index (Phi) is 10.3. The van der Waals surface area contributed by atoms with Gasteiger partial charge in [0.05, 0.1) is 18.8 Å². The van der Waals surface area contributed by atoms with Gasteiger partial charge in [0, 0.05) is 50.4 Å². The number of morpholine rings is 1. The number of amides is 1. The van der Waals surface area contributed by atoms with E-state index in [-0.39, 0.29) is 35.3 Å². The summed E-state index contributed by atoms with van der Waals surface area (Å²) in [4.78, 5) is 20.6. The number of aromatic nitrogens is 1. The molecule has 2 fully saturated rings. The number of rotatable bonds is 11. The van der Waals surface area contributed by atoms with Crippen LogP contribution in [0.5, 0.6) is 5.88 Å². The van der Waals surface area contributed by atoms with E-state index in [4.69, 9.17) is 14.5 Å². The molecule has 9 heteroatoms. The minimum atomic E-state index is -0.914. The fourth-order valence-electron chi connectivity index (χ4n) is 7.03. The molecule has 1 saturated heterocycles. The minimum Gasteiger partial charge on any atom is -0.471 e. The van der Waals surface area contributed by atoms with Gasteiger partial charge in [0.2, 0.25) is 5.88 Å². The number of fused-ring (bicyclic) bond motifs is 1. The number of nitrogens with zero attached hydrogens (tertiary/aromatic N) is 2. The quantitative estimate of drug-likeness (QED) is 0.266. The zero-order chi connectivity index (χ0) is 33.0. The van der Waals surface area contributed by atoms with E-state index >= 15 is 0 Å². The van der Waals surface area contributed by atoms with E-state index in [1.807, 2.05) is 24.4 Å². The van der Waals surface area contributed by atoms with Crippen molar-refractivity contribution >= 4 is 5.91 Å². The van der Waals surface area contributed by atoms with Gasteiger partial charge in [-0.15, -0.1) is 0 Å². The van der Waals surface area contributed by atoms with E-state index in [1.54, 1.807) is 12.1 Å². The highest BCUT2D eigenvalue weighted by Crippen LogP contribution is 2.48. The van der Waals surface area contributed by atoms with Crippen molar-refractivity contribution in [1.82, 2.24) is 20.5 Å². The summed E-state index contributed by atoms with van der Waals surface area (Å²) in [5, 5.41) is 18.4. The van der Waals surface area contributed by atoms with E-state index in [2.05, 4.69) is 54.5 Å². The Morgan fingerprint density at radius 2 is 1.87 bits per heavy atom. The molecular weight excluding hydrogens is 595 g/mol. The van der Waals surface area contributed by atoms with Gasteiger partial charge in [0.15, 0.2) is 0 Å². The molecule has 2 aromatic carbocycles. The summed E-state index contributed by atoms with van der Waals surface area (Å²) >= 11 is 0. The molecule has 1 aromatic heterocycles. The van der Waals surface area contributed by atoms with E-state index in [0.29, 0.717) is 25.5 Å². The van der Waals surface area contributed by atoms with Crippen LogP contribution in [0.25, 0.3) is 0 Å². The maximum Gasteiger partial charge on any atom is 0.250 e. The molecule has 1 saturated carbocycles. The number of aliphatic hydroxyl groups excluding tert-OH is 1. The molecule has 3 N–H and O–H groups in total. The molecule has 252 valence electrons. The van der Waals surface area contributed by atoms with Crippen LogP contribution < -0.4 is 15.4 Å². The first-order valence-electron chi connectivity index (χ1n) is 17.1. The van der Waals surface area contributed by atoms with Crippen molar-refractivity contribution in [2.45, 2.75) is 95.7 Å². The zero-order valence-corrected chi connectivity index (χ0v) is 27.9. The van der Waals surface area contributed by atoms with Crippen LogP contribution in [0, 0.1) is 11.2 Å². The van der Waals surface area contributed by atoms with Crippen LogP contribution in [0.2, 0.25) is 0 Å². The molecule has 1 amide bonds. The van der Waals surface area contributed by atoms with Crippen molar-refractivity contribution < 1.29 is 23.8 Å². The molecular formula is C38H49FN4O4. The van der Waals surface area contributed by atoms with Crippen molar-refractivity contribution in [3.8, 4) is 5.88 Å². The first-order chi connectivity index (χ1) is 22.5. The first kappa shape index (κ1) is 33.5. The summed E-state index contributed by atoms with van der Waals surface area (Å²) in [6, 6.07) is 17.9. The molecule has 6 rings (SSSR count). The molecule has 3 heterocycles. The maximum atomic E-state index is 13.7. The molecule has 3 aliphatic rings. The summed E-state index contributed by atoms with van der Waals surface area (Å²) in [7, 11) is 0. The number of hydrogen-bond donors (Lipinski definition) is 3. The van der Waals surface area contributed by atoms with Crippen molar-refractivity contribution in [3.05, 3.63) is 94.9 Å². The highest BCUT2D eigenvalue weighted by Gasteiger charge is 2.46. The number of carbonyl (C=O) groups excluding carboxylic acids is 1. The molecule has 1 aliphatic carbocycles. The Balaban J connectivity index is 1.15. The standard InChI is InChI=1S/C38H49FN4O4/c1-37(2,3)20-28-18-30-32(21-38(14-7-15-38)47-36(30)41-22-28)40-23-33(44)31(19-26-10-12-29(39)13-11-26)42-35(45)34-25-43(16-17-46-34)24-27-8-5-4-6-9-27/h4-6,8-13,18,22,31-34,40,44H,7,14-17,19-21,23-25H2,1-3H3,(H,42,45)/t31-,32-,33-,34+/m0/s1. The number of benzene rings is 2. The van der Waals surface area contributed by atoms with Gasteiger partial charge in [-0.3, -0.25) is 9.69 Å². The van der Waals surface area contributed by atoms with Crippen molar-refractivity contribution in [1.29, 1.82) is 0 Å². The monoisotopic (exact) mass is 644 g/mol. The molecule has 47 heavy (non-hydrogen) atoms. The number of halogens is 1. The lowest BCUT2D eigenvalue weighted by atomic mass is 9.73. The lowest BCUT2D eigenvalue weighted by molar-refractivity contribution is -0.140. The topological polar surface area (TPSA) is 96.0 Å². The molecule has 8 nitrogen and oxygen atoms in total. The molecule has 2 aliphatic heterocycles. The number of carbonyl (C=O) groups is 1. The number of ether oxygens (including phenoxy) is 2. The van der Waals surface area contributed by atoms with Gasteiger partial charge in [-0.2, -0.15) is 0 Å². The van der Waals surface area contributed by atoms with Crippen molar-refractivity contribution in [2.24, 2.45) is 5.41 Å². The smallest absolute Gasteiger partial charge is 0.250 e. The Labute approximate surface area is 278 Å². The van der Waals surface area contributed by atoms with Crippen LogP contribution >= 0.6 is 0 Å². The first-order valence-corrected chi connectivity index (χ1v) is 17.1. The zero-order valence-electron chi connectivity index (χ0n) is 27.9. The van der Waals surface area contributed by atoms with Gasteiger partial charge in [0.1, 0.15) is 17.5 Å². The van der Waals surface area contributed by atoms with Gasteiger partial charge in [-0.25, -0.2) is 9.37 Å². The van der Waals surface area contributed by atoms with Crippen LogP contribution in [0.1, 0.15) is 74.8 Å². The van der Waals surface area contributed by atoms with E-state index < -0.39 is 18.2 Å². The fraction of sp³-hybridized carbons (Fsp3) is 0.526. The average molecular weight is 645 g/mol. The van der Waals surface area contributed by atoms with Gasteiger partial charge in [0.25, 0.3) is 5.91 Å². The average Bonchev–Trinajstić information content (AvgIpc) is 3.03. The molecule has 3 aromatic rings. The molecule has 4 atom stereocenters. The number of nitrogens with one attached hydrogen (secondary N) is 2. The van der Waals surface area contributed by atoms with Crippen molar-refractivity contribution in [3.63, 3.8) is 0 Å². The van der Waals surface area contributed by atoms with Gasteiger partial charge in [-0.05, 0) is 72.4 Å². The SMILES string of the molecule is CC(C)(C)Cc1cnc2c(c1)[C@@H](NC[C@H](O)[C@H](Cc1ccc(F)cc1)NC(=O)[C@H]1CN(Cc3ccccc3)CCO1)CC1(CCC1)O2. The lowest BCUT2D eigenvalue weighted by Gasteiger charge is -2.47. The van der Waals surface area contributed by atoms with Crippen LogP contribution in [0.15, 0.2) is 66.9 Å². The lowest BCUT2D eigenvalue weighted by Crippen LogP contribution is -2.56. The molecule has 0 radical (unpaired) electrons. The number of pyridine rings is 1. The summed E-state index contributed by atoms with van der Waals surface area (Å²) in [5.41, 5.74) is 4.08. The fourth-order valence-corrected chi connectivity index (χ4v) is 7.03. The van der Waals surface area contributed by atoms with E-state index in [9.17, 15) is 14.3 Å². The number of aliphatic hydroxyl groups is 1. The van der Waals surface area contributed by atoms with E-state index in [0.717, 1.165) is 61.9 Å². The Morgan fingerprint density at radius 3 is 2.57 bits per heavy atom. The third kappa shape index (κ3) is 8.76. The van der Waals surface area contributed by atoms with Crippen molar-refractivity contribution in [2.75, 3.05) is 26.2 Å². The molecule has 0 bridgehead atoms. The highest BCUT2D eigenvalue weighted by molar-refractivity contribution is 5.81. The Morgan fingerprint density at radius 1 is 1.11 bits per heavy atom. The predicted octanol–water partition coefficient (Wildman–Crippen LogP) is 5.13. The molecule has 0 unspecified atom stereocenters. The van der Waals surface area contributed by atoms with Crippen LogP contribution in [0.3, 0.4) is 0 Å². The highest BCUT2D eigenvalue weighted by atomic mass is 19.1. The van der Waals surface area contributed by atoms with Gasteiger partial charge < -0.3 is 25.2 Å². The third-order valence-electron chi connectivity index (χ3n) is 9.63. The second kappa shape index (κ2) is 14.4. The Bertz CT molecular complexity index is 1490. The molecule has 1 spiro atoms. The van der Waals surface area contributed by atoms with Crippen LogP contribution in [0.4, 0.5) is 4.39 Å².